The molecule has 0 aromatic carbocycles. The number of aryl methyl sites for hydroxylation is 2. The standard InChI is InChI=1S/C10H11N3O/c1-12-4-3-10(14)9(7-12)8-5-11-13(2)6-8/h3-7H,1-2H3. The molecular formula is C10H11N3O. The van der Waals surface area contributed by atoms with Gasteiger partial charge >= 0.3 is 0 Å². The van der Waals surface area contributed by atoms with E-state index in [4.69, 9.17) is 0 Å². The molecule has 2 rings (SSSR count). The highest BCUT2D eigenvalue weighted by Gasteiger charge is 2.04. The third-order valence-electron chi connectivity index (χ3n) is 2.08. The van der Waals surface area contributed by atoms with Crippen molar-refractivity contribution >= 4 is 0 Å². The minimum absolute atomic E-state index is 0.0242. The van der Waals surface area contributed by atoms with Crippen LogP contribution in [0.5, 0.6) is 0 Å². The molecule has 2 aromatic heterocycles. The van der Waals surface area contributed by atoms with Crippen molar-refractivity contribution in [2.45, 2.75) is 0 Å². The second-order valence-corrected chi connectivity index (χ2v) is 3.29. The van der Waals surface area contributed by atoms with Crippen molar-refractivity contribution in [1.29, 1.82) is 0 Å². The van der Waals surface area contributed by atoms with Crippen LogP contribution in [0.1, 0.15) is 0 Å². The fourth-order valence-electron chi connectivity index (χ4n) is 1.36. The van der Waals surface area contributed by atoms with Gasteiger partial charge in [0.05, 0.1) is 6.20 Å². The molecule has 4 nitrogen and oxygen atoms in total. The third kappa shape index (κ3) is 1.46. The minimum Gasteiger partial charge on any atom is -0.356 e. The fourth-order valence-corrected chi connectivity index (χ4v) is 1.36. The van der Waals surface area contributed by atoms with E-state index in [-0.39, 0.29) is 5.43 Å². The molecule has 0 atom stereocenters. The lowest BCUT2D eigenvalue weighted by molar-refractivity contribution is 0.768. The number of aromatic nitrogens is 3. The van der Waals surface area contributed by atoms with E-state index in [1.165, 1.54) is 0 Å². The molecule has 0 amide bonds. The van der Waals surface area contributed by atoms with Gasteiger partial charge in [0.15, 0.2) is 5.43 Å². The van der Waals surface area contributed by atoms with Gasteiger partial charge in [-0.1, -0.05) is 0 Å². The molecule has 2 heterocycles. The summed E-state index contributed by atoms with van der Waals surface area (Å²) in [6, 6.07) is 1.56. The van der Waals surface area contributed by atoms with Crippen molar-refractivity contribution in [1.82, 2.24) is 14.3 Å². The van der Waals surface area contributed by atoms with Crippen molar-refractivity contribution in [3.8, 4) is 11.1 Å². The average Bonchev–Trinajstić information content (AvgIpc) is 2.56. The molecule has 0 saturated heterocycles. The number of rotatable bonds is 1. The molecular weight excluding hydrogens is 178 g/mol. The molecule has 72 valence electrons. The van der Waals surface area contributed by atoms with Crippen LogP contribution < -0.4 is 5.43 Å². The summed E-state index contributed by atoms with van der Waals surface area (Å²) in [5, 5.41) is 4.03. The molecule has 4 heteroatoms. The Hall–Kier alpha value is -1.84. The Bertz CT molecular complexity index is 510. The molecule has 0 aliphatic rings. The zero-order valence-electron chi connectivity index (χ0n) is 8.14. The minimum atomic E-state index is 0.0242. The topological polar surface area (TPSA) is 39.8 Å². The van der Waals surface area contributed by atoms with Crippen LogP contribution in [0, 0.1) is 0 Å². The van der Waals surface area contributed by atoms with Gasteiger partial charge in [0, 0.05) is 49.9 Å². The van der Waals surface area contributed by atoms with E-state index in [0.29, 0.717) is 5.56 Å². The second kappa shape index (κ2) is 3.14. The molecule has 0 aliphatic carbocycles. The number of hydrogen-bond acceptors (Lipinski definition) is 2. The van der Waals surface area contributed by atoms with Crippen molar-refractivity contribution in [2.75, 3.05) is 0 Å². The average molecular weight is 189 g/mol. The summed E-state index contributed by atoms with van der Waals surface area (Å²) >= 11 is 0. The predicted octanol–water partition coefficient (Wildman–Crippen LogP) is 0.786. The van der Waals surface area contributed by atoms with Crippen molar-refractivity contribution in [3.05, 3.63) is 41.1 Å². The lowest BCUT2D eigenvalue weighted by Crippen LogP contribution is -2.05. The Morgan fingerprint density at radius 2 is 2.07 bits per heavy atom. The van der Waals surface area contributed by atoms with E-state index in [2.05, 4.69) is 5.10 Å². The number of nitrogens with zero attached hydrogens (tertiary/aromatic N) is 3. The van der Waals surface area contributed by atoms with Gasteiger partial charge in [0.25, 0.3) is 0 Å². The lowest BCUT2D eigenvalue weighted by Gasteiger charge is -1.99. The first-order chi connectivity index (χ1) is 6.66. The summed E-state index contributed by atoms with van der Waals surface area (Å²) < 4.78 is 3.53. The van der Waals surface area contributed by atoms with Crippen LogP contribution in [0.15, 0.2) is 35.6 Å². The van der Waals surface area contributed by atoms with Gasteiger partial charge < -0.3 is 4.57 Å². The van der Waals surface area contributed by atoms with Crippen LogP contribution in [0.4, 0.5) is 0 Å². The monoisotopic (exact) mass is 189 g/mol. The highest BCUT2D eigenvalue weighted by atomic mass is 16.1. The zero-order chi connectivity index (χ0) is 10.1. The van der Waals surface area contributed by atoms with Gasteiger partial charge in [0.2, 0.25) is 0 Å². The first-order valence-electron chi connectivity index (χ1n) is 4.32. The van der Waals surface area contributed by atoms with Crippen molar-refractivity contribution in [2.24, 2.45) is 14.1 Å². The van der Waals surface area contributed by atoms with Crippen LogP contribution >= 0.6 is 0 Å². The van der Waals surface area contributed by atoms with E-state index in [1.54, 1.807) is 29.3 Å². The maximum atomic E-state index is 11.5. The first-order valence-corrected chi connectivity index (χ1v) is 4.32. The smallest absolute Gasteiger partial charge is 0.189 e. The van der Waals surface area contributed by atoms with E-state index in [9.17, 15) is 4.79 Å². The molecule has 0 unspecified atom stereocenters. The summed E-state index contributed by atoms with van der Waals surface area (Å²) in [7, 11) is 3.72. The molecule has 0 radical (unpaired) electrons. The van der Waals surface area contributed by atoms with Crippen LogP contribution in [0.2, 0.25) is 0 Å². The van der Waals surface area contributed by atoms with E-state index in [0.717, 1.165) is 5.56 Å². The van der Waals surface area contributed by atoms with Crippen LogP contribution in [-0.2, 0) is 14.1 Å². The van der Waals surface area contributed by atoms with Crippen LogP contribution in [-0.4, -0.2) is 14.3 Å². The Morgan fingerprint density at radius 1 is 1.29 bits per heavy atom. The molecule has 0 aliphatic heterocycles. The Balaban J connectivity index is 2.61. The van der Waals surface area contributed by atoms with E-state index in [1.807, 2.05) is 24.9 Å². The van der Waals surface area contributed by atoms with Crippen molar-refractivity contribution in [3.63, 3.8) is 0 Å². The largest absolute Gasteiger partial charge is 0.356 e. The Labute approximate surface area is 81.4 Å². The quantitative estimate of drug-likeness (QED) is 0.665. The highest BCUT2D eigenvalue weighted by molar-refractivity contribution is 5.60. The molecule has 14 heavy (non-hydrogen) atoms. The summed E-state index contributed by atoms with van der Waals surface area (Å²) in [6.07, 6.45) is 7.06. The second-order valence-electron chi connectivity index (χ2n) is 3.29. The number of pyridine rings is 1. The van der Waals surface area contributed by atoms with Gasteiger partial charge in [-0.2, -0.15) is 5.10 Å². The zero-order valence-corrected chi connectivity index (χ0v) is 8.14. The lowest BCUT2D eigenvalue weighted by atomic mass is 10.1. The molecule has 0 saturated carbocycles. The summed E-state index contributed by atoms with van der Waals surface area (Å²) in [6.45, 7) is 0. The SMILES string of the molecule is Cn1ccc(=O)c(-c2cnn(C)c2)c1. The highest BCUT2D eigenvalue weighted by Crippen LogP contribution is 2.12. The van der Waals surface area contributed by atoms with Gasteiger partial charge in [-0.05, 0) is 0 Å². The molecule has 0 N–H and O–H groups in total. The molecule has 0 fully saturated rings. The first kappa shape index (κ1) is 8.74. The van der Waals surface area contributed by atoms with E-state index >= 15 is 0 Å². The van der Waals surface area contributed by atoms with Gasteiger partial charge in [0.1, 0.15) is 0 Å². The van der Waals surface area contributed by atoms with Gasteiger partial charge in [-0.3, -0.25) is 9.48 Å². The third-order valence-corrected chi connectivity index (χ3v) is 2.08. The Kier molecular flexibility index (Phi) is 1.96. The van der Waals surface area contributed by atoms with E-state index < -0.39 is 0 Å². The normalized spacial score (nSPS) is 10.4. The maximum Gasteiger partial charge on any atom is 0.189 e. The maximum absolute atomic E-state index is 11.5. The molecule has 0 bridgehead atoms. The fraction of sp³-hybridized carbons (Fsp3) is 0.200. The van der Waals surface area contributed by atoms with Crippen molar-refractivity contribution < 1.29 is 0 Å². The predicted molar refractivity (Wildman–Crippen MR) is 53.9 cm³/mol. The van der Waals surface area contributed by atoms with Gasteiger partial charge in [-0.25, -0.2) is 0 Å². The van der Waals surface area contributed by atoms with Crippen LogP contribution in [0.3, 0.4) is 0 Å². The summed E-state index contributed by atoms with van der Waals surface area (Å²) in [5.41, 5.74) is 1.56. The molecule has 0 spiro atoms. The summed E-state index contributed by atoms with van der Waals surface area (Å²) in [4.78, 5) is 11.5. The van der Waals surface area contributed by atoms with Crippen LogP contribution in [0.25, 0.3) is 11.1 Å². The van der Waals surface area contributed by atoms with Gasteiger partial charge in [-0.15, -0.1) is 0 Å². The Morgan fingerprint density at radius 3 is 2.71 bits per heavy atom. The summed E-state index contributed by atoms with van der Waals surface area (Å²) in [5.74, 6) is 0. The number of hydrogen-bond donors (Lipinski definition) is 0. The molecule has 2 aromatic rings.